The first-order chi connectivity index (χ1) is 18.0. The van der Waals surface area contributed by atoms with Crippen LogP contribution in [0.2, 0.25) is 0 Å². The van der Waals surface area contributed by atoms with E-state index in [-0.39, 0.29) is 30.6 Å². The van der Waals surface area contributed by atoms with Gasteiger partial charge < -0.3 is 19.7 Å². The van der Waals surface area contributed by atoms with Crippen LogP contribution in [0.5, 0.6) is 5.75 Å². The highest BCUT2D eigenvalue weighted by Crippen LogP contribution is 2.37. The van der Waals surface area contributed by atoms with Crippen LogP contribution in [0, 0.1) is 5.92 Å². The average Bonchev–Trinajstić information content (AvgIpc) is 3.24. The molecule has 0 spiro atoms. The number of benzene rings is 2. The van der Waals surface area contributed by atoms with Crippen LogP contribution in [0.3, 0.4) is 0 Å². The van der Waals surface area contributed by atoms with Gasteiger partial charge in [0.05, 0.1) is 25.9 Å². The van der Waals surface area contributed by atoms with Crippen LogP contribution in [-0.4, -0.2) is 59.5 Å². The van der Waals surface area contributed by atoms with Gasteiger partial charge in [-0.25, -0.2) is 0 Å². The van der Waals surface area contributed by atoms with E-state index < -0.39 is 5.97 Å². The molecule has 0 amide bonds. The minimum Gasteiger partial charge on any atom is -0.497 e. The van der Waals surface area contributed by atoms with Gasteiger partial charge in [0.2, 0.25) is 0 Å². The van der Waals surface area contributed by atoms with Crippen molar-refractivity contribution in [3.63, 3.8) is 0 Å². The molecule has 2 N–H and O–H groups in total. The van der Waals surface area contributed by atoms with Crippen molar-refractivity contribution in [3.05, 3.63) is 66.2 Å². The molecule has 1 heterocycles. The van der Waals surface area contributed by atoms with Crippen molar-refractivity contribution in [1.29, 1.82) is 0 Å². The number of hydrogen-bond donors (Lipinski definition) is 2. The van der Waals surface area contributed by atoms with Gasteiger partial charge in [0.25, 0.3) is 0 Å². The molecule has 2 aromatic rings. The second kappa shape index (κ2) is 13.8. The molecular formula is C31H41NO5. The zero-order chi connectivity index (χ0) is 26.0. The van der Waals surface area contributed by atoms with Crippen LogP contribution in [-0.2, 0) is 16.1 Å². The summed E-state index contributed by atoms with van der Waals surface area (Å²) in [4.78, 5) is 13.2. The first-order valence-electron chi connectivity index (χ1n) is 13.7. The van der Waals surface area contributed by atoms with Crippen LogP contribution in [0.1, 0.15) is 56.9 Å². The lowest BCUT2D eigenvalue weighted by Gasteiger charge is -2.37. The number of piperidine rings is 1. The van der Waals surface area contributed by atoms with Crippen LogP contribution in [0.15, 0.2) is 60.7 Å². The molecular weight excluding hydrogens is 466 g/mol. The summed E-state index contributed by atoms with van der Waals surface area (Å²) in [7, 11) is 1.67. The van der Waals surface area contributed by atoms with E-state index in [2.05, 4.69) is 53.5 Å². The Bertz CT molecular complexity index is 997. The van der Waals surface area contributed by atoms with Gasteiger partial charge in [0.1, 0.15) is 5.75 Å². The van der Waals surface area contributed by atoms with E-state index in [1.165, 1.54) is 19.3 Å². The molecule has 2 fully saturated rings. The maximum Gasteiger partial charge on any atom is 0.303 e. The van der Waals surface area contributed by atoms with Gasteiger partial charge in [-0.2, -0.15) is 0 Å². The summed E-state index contributed by atoms with van der Waals surface area (Å²) in [6.45, 7) is 2.60. The van der Waals surface area contributed by atoms with Gasteiger partial charge in [0.15, 0.2) is 0 Å². The molecule has 6 heteroatoms. The summed E-state index contributed by atoms with van der Waals surface area (Å²) >= 11 is 0. The van der Waals surface area contributed by atoms with E-state index in [1.807, 2.05) is 12.1 Å². The third-order valence-corrected chi connectivity index (χ3v) is 7.77. The first kappa shape index (κ1) is 27.4. The number of carbonyl (C=O) groups is 1. The van der Waals surface area contributed by atoms with Gasteiger partial charge in [-0.1, -0.05) is 55.0 Å². The number of methoxy groups -OCH3 is 1. The SMILES string of the molecule is COc1ccc(-c2ccc(COC3CC(O)C(N4CCCCC4)C3CC=CCCCC(=O)O)cc2)cc1. The molecule has 200 valence electrons. The van der Waals surface area contributed by atoms with Gasteiger partial charge >= 0.3 is 5.97 Å². The number of carboxylic acids is 1. The Balaban J connectivity index is 1.38. The predicted octanol–water partition coefficient (Wildman–Crippen LogP) is 5.68. The monoisotopic (exact) mass is 507 g/mol. The van der Waals surface area contributed by atoms with Crippen molar-refractivity contribution < 1.29 is 24.5 Å². The molecule has 0 bridgehead atoms. The largest absolute Gasteiger partial charge is 0.497 e. The first-order valence-corrected chi connectivity index (χ1v) is 13.7. The number of ether oxygens (including phenoxy) is 2. The Labute approximate surface area is 220 Å². The molecule has 4 rings (SSSR count). The summed E-state index contributed by atoms with van der Waals surface area (Å²) in [5.74, 6) is 0.324. The fourth-order valence-corrected chi connectivity index (χ4v) is 5.79. The second-order valence-corrected chi connectivity index (χ2v) is 10.3. The fraction of sp³-hybridized carbons (Fsp3) is 0.516. The Hall–Kier alpha value is -2.67. The summed E-state index contributed by atoms with van der Waals surface area (Å²) in [6, 6.07) is 16.7. The molecule has 2 aromatic carbocycles. The lowest BCUT2D eigenvalue weighted by molar-refractivity contribution is -0.137. The van der Waals surface area contributed by atoms with Gasteiger partial charge in [0, 0.05) is 24.8 Å². The molecule has 1 saturated carbocycles. The van der Waals surface area contributed by atoms with Crippen molar-refractivity contribution in [3.8, 4) is 16.9 Å². The summed E-state index contributed by atoms with van der Waals surface area (Å²) < 4.78 is 11.7. The third kappa shape index (κ3) is 7.67. The van der Waals surface area contributed by atoms with E-state index in [9.17, 15) is 9.90 Å². The van der Waals surface area contributed by atoms with E-state index >= 15 is 0 Å². The molecule has 0 radical (unpaired) electrons. The zero-order valence-electron chi connectivity index (χ0n) is 21.9. The zero-order valence-corrected chi connectivity index (χ0v) is 21.9. The minimum absolute atomic E-state index is 0.00754. The number of aliphatic carboxylic acids is 1. The van der Waals surface area contributed by atoms with Crippen LogP contribution < -0.4 is 4.74 Å². The van der Waals surface area contributed by atoms with Crippen LogP contribution in [0.25, 0.3) is 11.1 Å². The molecule has 1 saturated heterocycles. The van der Waals surface area contributed by atoms with Crippen molar-refractivity contribution in [2.75, 3.05) is 20.2 Å². The van der Waals surface area contributed by atoms with Crippen LogP contribution in [0.4, 0.5) is 0 Å². The lowest BCUT2D eigenvalue weighted by Crippen LogP contribution is -2.47. The van der Waals surface area contributed by atoms with Crippen molar-refractivity contribution in [1.82, 2.24) is 4.90 Å². The maximum atomic E-state index is 11.1. The number of likely N-dealkylation sites (tertiary alicyclic amines) is 1. The van der Waals surface area contributed by atoms with Crippen molar-refractivity contribution in [2.45, 2.75) is 76.2 Å². The maximum absolute atomic E-state index is 11.1. The lowest BCUT2D eigenvalue weighted by atomic mass is 9.93. The van der Waals surface area contributed by atoms with Gasteiger partial charge in [-0.3, -0.25) is 9.69 Å². The molecule has 1 aliphatic carbocycles. The van der Waals surface area contributed by atoms with Crippen LogP contribution >= 0.6 is 0 Å². The van der Waals surface area contributed by atoms with E-state index in [1.54, 1.807) is 7.11 Å². The number of aliphatic hydroxyl groups is 1. The molecule has 0 aromatic heterocycles. The third-order valence-electron chi connectivity index (χ3n) is 7.77. The highest BCUT2D eigenvalue weighted by atomic mass is 16.5. The Morgan fingerprint density at radius 2 is 1.68 bits per heavy atom. The van der Waals surface area contributed by atoms with E-state index in [0.29, 0.717) is 19.4 Å². The number of carboxylic acid groups (broad SMARTS) is 1. The molecule has 1 aliphatic heterocycles. The van der Waals surface area contributed by atoms with Gasteiger partial charge in [-0.05, 0) is 74.0 Å². The predicted molar refractivity (Wildman–Crippen MR) is 146 cm³/mol. The topological polar surface area (TPSA) is 79.2 Å². The fourth-order valence-electron chi connectivity index (χ4n) is 5.79. The summed E-state index contributed by atoms with van der Waals surface area (Å²) in [5.41, 5.74) is 3.42. The smallest absolute Gasteiger partial charge is 0.303 e. The molecule has 4 unspecified atom stereocenters. The van der Waals surface area contributed by atoms with Crippen molar-refractivity contribution in [2.24, 2.45) is 5.92 Å². The van der Waals surface area contributed by atoms with E-state index in [0.717, 1.165) is 48.4 Å². The quantitative estimate of drug-likeness (QED) is 0.284. The minimum atomic E-state index is -0.747. The number of rotatable bonds is 12. The second-order valence-electron chi connectivity index (χ2n) is 10.3. The molecule has 2 aliphatic rings. The number of hydrogen-bond acceptors (Lipinski definition) is 5. The standard InChI is InChI=1S/C31H41NO5/c1-36-26-17-15-25(16-18-26)24-13-11-23(12-14-24)22-37-29-21-28(33)31(32-19-7-4-8-20-32)27(29)9-5-2-3-6-10-30(34)35/h2,5,11-18,27-29,31,33H,3-4,6-10,19-22H2,1H3,(H,34,35). The molecule has 4 atom stereocenters. The number of aliphatic hydroxyl groups excluding tert-OH is 1. The normalized spacial score (nSPS) is 24.5. The summed E-state index contributed by atoms with van der Waals surface area (Å²) in [6.07, 6.45) is 10.6. The van der Waals surface area contributed by atoms with E-state index in [4.69, 9.17) is 14.6 Å². The highest BCUT2D eigenvalue weighted by Gasteiger charge is 2.45. The Morgan fingerprint density at radius 3 is 2.32 bits per heavy atom. The highest BCUT2D eigenvalue weighted by molar-refractivity contribution is 5.66. The number of nitrogens with zero attached hydrogens (tertiary/aromatic N) is 1. The Morgan fingerprint density at radius 1 is 1.00 bits per heavy atom. The molecule has 6 nitrogen and oxygen atoms in total. The number of unbranched alkanes of at least 4 members (excludes halogenated alkanes) is 1. The Kier molecular flexibility index (Phi) is 10.2. The van der Waals surface area contributed by atoms with Gasteiger partial charge in [-0.15, -0.1) is 0 Å². The average molecular weight is 508 g/mol. The number of allylic oxidation sites excluding steroid dienone is 2. The summed E-state index contributed by atoms with van der Waals surface area (Å²) in [5, 5.41) is 19.9. The van der Waals surface area contributed by atoms with Crippen molar-refractivity contribution >= 4 is 5.97 Å². The molecule has 37 heavy (non-hydrogen) atoms.